The molecule has 96 valence electrons. The van der Waals surface area contributed by atoms with Crippen LogP contribution in [0.5, 0.6) is 0 Å². The quantitative estimate of drug-likeness (QED) is 0.728. The molecule has 2 aromatic heterocycles. The van der Waals surface area contributed by atoms with Gasteiger partial charge in [-0.05, 0) is 30.8 Å². The van der Waals surface area contributed by atoms with Crippen molar-refractivity contribution < 1.29 is 0 Å². The van der Waals surface area contributed by atoms with E-state index in [2.05, 4.69) is 4.98 Å². The smallest absolute Gasteiger partial charge is 0.272 e. The standard InChI is InChI=1S/C14H12N2OS2/c1-2-16-13(17)12-10(15-14(16)18)8-11(19-12)9-6-4-3-5-7-9/h3-8H,2H2,1H3,(H,15,18). The lowest BCUT2D eigenvalue weighted by molar-refractivity contribution is 0.706. The van der Waals surface area contributed by atoms with Gasteiger partial charge in [-0.2, -0.15) is 0 Å². The number of aromatic nitrogens is 2. The van der Waals surface area contributed by atoms with E-state index < -0.39 is 0 Å². The summed E-state index contributed by atoms with van der Waals surface area (Å²) in [4.78, 5) is 16.5. The minimum atomic E-state index is -0.00608. The first-order chi connectivity index (χ1) is 9.20. The molecule has 0 amide bonds. The van der Waals surface area contributed by atoms with Gasteiger partial charge < -0.3 is 4.98 Å². The summed E-state index contributed by atoms with van der Waals surface area (Å²) >= 11 is 6.71. The highest BCUT2D eigenvalue weighted by Gasteiger charge is 2.10. The summed E-state index contributed by atoms with van der Waals surface area (Å²) in [5, 5.41) is 0. The van der Waals surface area contributed by atoms with Gasteiger partial charge >= 0.3 is 0 Å². The van der Waals surface area contributed by atoms with E-state index >= 15 is 0 Å². The van der Waals surface area contributed by atoms with Crippen LogP contribution < -0.4 is 5.56 Å². The lowest BCUT2D eigenvalue weighted by Gasteiger charge is -2.00. The van der Waals surface area contributed by atoms with Crippen LogP contribution in [0.1, 0.15) is 6.92 Å². The Labute approximate surface area is 119 Å². The van der Waals surface area contributed by atoms with Crippen LogP contribution in [-0.4, -0.2) is 9.55 Å². The molecule has 0 fully saturated rings. The molecule has 0 aliphatic heterocycles. The number of benzene rings is 1. The minimum Gasteiger partial charge on any atom is -0.331 e. The third-order valence-electron chi connectivity index (χ3n) is 3.03. The van der Waals surface area contributed by atoms with E-state index in [-0.39, 0.29) is 5.56 Å². The van der Waals surface area contributed by atoms with Crippen LogP contribution in [-0.2, 0) is 6.54 Å². The number of fused-ring (bicyclic) bond motifs is 1. The van der Waals surface area contributed by atoms with Crippen LogP contribution in [0, 0.1) is 4.77 Å². The summed E-state index contributed by atoms with van der Waals surface area (Å²) in [6, 6.07) is 12.0. The number of thiophene rings is 1. The fourth-order valence-corrected chi connectivity index (χ4v) is 3.46. The van der Waals surface area contributed by atoms with Gasteiger partial charge in [0.05, 0.1) is 5.52 Å². The Kier molecular flexibility index (Phi) is 3.08. The molecule has 0 atom stereocenters. The molecule has 0 aliphatic carbocycles. The van der Waals surface area contributed by atoms with Crippen molar-refractivity contribution in [2.24, 2.45) is 0 Å². The van der Waals surface area contributed by atoms with E-state index in [1.807, 2.05) is 43.3 Å². The van der Waals surface area contributed by atoms with Gasteiger partial charge in [0.1, 0.15) is 4.70 Å². The highest BCUT2D eigenvalue weighted by Crippen LogP contribution is 2.30. The van der Waals surface area contributed by atoms with E-state index in [1.165, 1.54) is 11.3 Å². The molecular weight excluding hydrogens is 276 g/mol. The molecule has 3 nitrogen and oxygen atoms in total. The average Bonchev–Trinajstić information content (AvgIpc) is 2.84. The van der Waals surface area contributed by atoms with Crippen molar-refractivity contribution in [3.05, 3.63) is 51.5 Å². The largest absolute Gasteiger partial charge is 0.331 e. The predicted molar refractivity (Wildman–Crippen MR) is 82.4 cm³/mol. The summed E-state index contributed by atoms with van der Waals surface area (Å²) in [6.07, 6.45) is 0. The summed E-state index contributed by atoms with van der Waals surface area (Å²) in [7, 11) is 0. The van der Waals surface area contributed by atoms with Crippen LogP contribution in [0.15, 0.2) is 41.2 Å². The first-order valence-electron chi connectivity index (χ1n) is 6.03. The zero-order chi connectivity index (χ0) is 13.4. The third-order valence-corrected chi connectivity index (χ3v) is 4.53. The lowest BCUT2D eigenvalue weighted by Crippen LogP contribution is -2.19. The monoisotopic (exact) mass is 288 g/mol. The van der Waals surface area contributed by atoms with Crippen molar-refractivity contribution in [3.63, 3.8) is 0 Å². The third kappa shape index (κ3) is 2.05. The SMILES string of the molecule is CCn1c(=S)[nH]c2cc(-c3ccccc3)sc2c1=O. The highest BCUT2D eigenvalue weighted by molar-refractivity contribution is 7.71. The van der Waals surface area contributed by atoms with Gasteiger partial charge in [-0.15, -0.1) is 11.3 Å². The van der Waals surface area contributed by atoms with Crippen LogP contribution >= 0.6 is 23.6 Å². The maximum atomic E-state index is 12.3. The molecule has 0 spiro atoms. The number of nitrogens with one attached hydrogen (secondary N) is 1. The molecule has 0 unspecified atom stereocenters. The first-order valence-corrected chi connectivity index (χ1v) is 7.25. The first kappa shape index (κ1) is 12.3. The van der Waals surface area contributed by atoms with E-state index in [1.54, 1.807) is 4.57 Å². The summed E-state index contributed by atoms with van der Waals surface area (Å²) in [5.74, 6) is 0. The number of hydrogen-bond donors (Lipinski definition) is 1. The van der Waals surface area contributed by atoms with Crippen molar-refractivity contribution in [2.45, 2.75) is 13.5 Å². The van der Waals surface area contributed by atoms with Gasteiger partial charge in [0, 0.05) is 11.4 Å². The second-order valence-electron chi connectivity index (χ2n) is 4.20. The van der Waals surface area contributed by atoms with Gasteiger partial charge in [0.15, 0.2) is 4.77 Å². The maximum Gasteiger partial charge on any atom is 0.272 e. The van der Waals surface area contributed by atoms with Crippen LogP contribution in [0.4, 0.5) is 0 Å². The zero-order valence-electron chi connectivity index (χ0n) is 10.3. The molecular formula is C14H12N2OS2. The molecule has 1 N–H and O–H groups in total. The van der Waals surface area contributed by atoms with Gasteiger partial charge in [-0.3, -0.25) is 9.36 Å². The summed E-state index contributed by atoms with van der Waals surface area (Å²) < 4.78 is 2.80. The summed E-state index contributed by atoms with van der Waals surface area (Å²) in [5.41, 5.74) is 1.93. The number of H-pyrrole nitrogens is 1. The van der Waals surface area contributed by atoms with Crippen molar-refractivity contribution in [2.75, 3.05) is 0 Å². The molecule has 0 saturated heterocycles. The molecule has 0 radical (unpaired) electrons. The van der Waals surface area contributed by atoms with Gasteiger partial charge in [0.2, 0.25) is 0 Å². The Morgan fingerprint density at radius 1 is 1.32 bits per heavy atom. The fraction of sp³-hybridized carbons (Fsp3) is 0.143. The molecule has 2 heterocycles. The lowest BCUT2D eigenvalue weighted by atomic mass is 10.2. The number of rotatable bonds is 2. The summed E-state index contributed by atoms with van der Waals surface area (Å²) in [6.45, 7) is 2.51. The molecule has 0 saturated carbocycles. The normalized spacial score (nSPS) is 11.0. The number of hydrogen-bond acceptors (Lipinski definition) is 3. The van der Waals surface area contributed by atoms with Crippen LogP contribution in [0.25, 0.3) is 20.7 Å². The molecule has 5 heteroatoms. The average molecular weight is 288 g/mol. The highest BCUT2D eigenvalue weighted by atomic mass is 32.1. The topological polar surface area (TPSA) is 37.8 Å². The molecule has 0 aliphatic rings. The molecule has 1 aromatic carbocycles. The number of aromatic amines is 1. The second kappa shape index (κ2) is 4.75. The van der Waals surface area contributed by atoms with Crippen LogP contribution in [0.3, 0.4) is 0 Å². The van der Waals surface area contributed by atoms with Crippen molar-refractivity contribution in [1.82, 2.24) is 9.55 Å². The fourth-order valence-electron chi connectivity index (χ4n) is 2.07. The van der Waals surface area contributed by atoms with Gasteiger partial charge in [0.25, 0.3) is 5.56 Å². The minimum absolute atomic E-state index is 0.00608. The number of nitrogens with zero attached hydrogens (tertiary/aromatic N) is 1. The van der Waals surface area contributed by atoms with Gasteiger partial charge in [-0.25, -0.2) is 0 Å². The molecule has 19 heavy (non-hydrogen) atoms. The Bertz CT molecular complexity index is 843. The Morgan fingerprint density at radius 3 is 2.74 bits per heavy atom. The van der Waals surface area contributed by atoms with Gasteiger partial charge in [-0.1, -0.05) is 30.3 Å². The molecule has 3 aromatic rings. The Balaban J connectivity index is 2.31. The van der Waals surface area contributed by atoms with Crippen molar-refractivity contribution in [3.8, 4) is 10.4 Å². The molecule has 3 rings (SSSR count). The molecule has 0 bridgehead atoms. The predicted octanol–water partition coefficient (Wildman–Crippen LogP) is 3.81. The van der Waals surface area contributed by atoms with Crippen molar-refractivity contribution >= 4 is 33.8 Å². The zero-order valence-corrected chi connectivity index (χ0v) is 12.0. The Hall–Kier alpha value is -1.72. The maximum absolute atomic E-state index is 12.3. The van der Waals surface area contributed by atoms with Crippen LogP contribution in [0.2, 0.25) is 0 Å². The van der Waals surface area contributed by atoms with E-state index in [0.717, 1.165) is 20.7 Å². The van der Waals surface area contributed by atoms with E-state index in [9.17, 15) is 4.79 Å². The van der Waals surface area contributed by atoms with E-state index in [0.29, 0.717) is 11.3 Å². The van der Waals surface area contributed by atoms with E-state index in [4.69, 9.17) is 12.2 Å². The van der Waals surface area contributed by atoms with Crippen molar-refractivity contribution in [1.29, 1.82) is 0 Å². The second-order valence-corrected chi connectivity index (χ2v) is 5.64. The Morgan fingerprint density at radius 2 is 2.05 bits per heavy atom.